The summed E-state index contributed by atoms with van der Waals surface area (Å²) < 4.78 is 6.39. The van der Waals surface area contributed by atoms with Gasteiger partial charge in [-0.15, -0.1) is 0 Å². The van der Waals surface area contributed by atoms with E-state index in [1.807, 2.05) is 13.8 Å². The van der Waals surface area contributed by atoms with Crippen molar-refractivity contribution in [3.8, 4) is 0 Å². The van der Waals surface area contributed by atoms with Crippen molar-refractivity contribution in [3.63, 3.8) is 0 Å². The van der Waals surface area contributed by atoms with E-state index in [-0.39, 0.29) is 19.1 Å². The van der Waals surface area contributed by atoms with Crippen LogP contribution < -0.4 is 0 Å². The molecule has 1 heterocycles. The number of aliphatic hydroxyl groups excluding tert-OH is 2. The summed E-state index contributed by atoms with van der Waals surface area (Å²) in [6, 6.07) is 0.174. The van der Waals surface area contributed by atoms with Crippen LogP contribution in [0.4, 0.5) is 0 Å². The van der Waals surface area contributed by atoms with Crippen LogP contribution in [0.5, 0.6) is 0 Å². The molecule has 0 saturated carbocycles. The maximum Gasteiger partial charge on any atom is 0.308 e. The van der Waals surface area contributed by atoms with Gasteiger partial charge in [0.2, 0.25) is 0 Å². The Hall–Kier alpha value is -1.40. The lowest BCUT2D eigenvalue weighted by atomic mass is 10.1. The molecule has 1 rings (SSSR count). The zero-order valence-electron chi connectivity index (χ0n) is 10.9. The second-order valence-corrected chi connectivity index (χ2v) is 4.37. The van der Waals surface area contributed by atoms with Gasteiger partial charge >= 0.3 is 5.97 Å². The van der Waals surface area contributed by atoms with Crippen LogP contribution in [-0.2, 0) is 9.53 Å². The van der Waals surface area contributed by atoms with E-state index in [0.29, 0.717) is 5.56 Å². The van der Waals surface area contributed by atoms with E-state index in [1.54, 1.807) is 17.8 Å². The summed E-state index contributed by atoms with van der Waals surface area (Å²) in [6.45, 7) is 5.86. The van der Waals surface area contributed by atoms with Crippen molar-refractivity contribution in [2.24, 2.45) is 0 Å². The first kappa shape index (κ1) is 14.7. The zero-order chi connectivity index (χ0) is 13.7. The van der Waals surface area contributed by atoms with Crippen molar-refractivity contribution in [2.45, 2.75) is 45.4 Å². The number of carbonyl (C=O) groups excluding carboxylic acids is 1. The van der Waals surface area contributed by atoms with Crippen LogP contribution in [0.1, 0.15) is 44.9 Å². The van der Waals surface area contributed by atoms with Crippen LogP contribution in [-0.4, -0.2) is 38.7 Å². The highest BCUT2D eigenvalue weighted by atomic mass is 16.5. The standard InChI is InChI=1S/C12H20N2O4/c1-4-18-11(16)5-10(15)12(17)9-6-13-14(7-9)8(2)3/h6-8,10,12,15,17H,4-5H2,1-3H3. The molecule has 0 spiro atoms. The Bertz CT molecular complexity index is 389. The number of esters is 1. The number of rotatable bonds is 6. The monoisotopic (exact) mass is 256 g/mol. The van der Waals surface area contributed by atoms with Gasteiger partial charge in [0.15, 0.2) is 0 Å². The molecule has 0 radical (unpaired) electrons. The van der Waals surface area contributed by atoms with Crippen LogP contribution >= 0.6 is 0 Å². The summed E-state index contributed by atoms with van der Waals surface area (Å²) in [5, 5.41) is 23.7. The first-order chi connectivity index (χ1) is 8.45. The molecule has 2 atom stereocenters. The van der Waals surface area contributed by atoms with Crippen LogP contribution in [0.15, 0.2) is 12.4 Å². The number of ether oxygens (including phenoxy) is 1. The van der Waals surface area contributed by atoms with Gasteiger partial charge in [-0.3, -0.25) is 9.48 Å². The van der Waals surface area contributed by atoms with Gasteiger partial charge in [0.05, 0.1) is 25.3 Å². The van der Waals surface area contributed by atoms with Crippen molar-refractivity contribution in [2.75, 3.05) is 6.61 Å². The Balaban J connectivity index is 2.61. The SMILES string of the molecule is CCOC(=O)CC(O)C(O)c1cnn(C(C)C)c1. The van der Waals surface area contributed by atoms with Gasteiger partial charge in [0.25, 0.3) is 0 Å². The fraction of sp³-hybridized carbons (Fsp3) is 0.667. The highest BCUT2D eigenvalue weighted by Crippen LogP contribution is 2.19. The Kier molecular flexibility index (Phi) is 5.30. The van der Waals surface area contributed by atoms with Crippen molar-refractivity contribution in [1.82, 2.24) is 9.78 Å². The molecule has 2 N–H and O–H groups in total. The van der Waals surface area contributed by atoms with E-state index in [1.165, 1.54) is 6.20 Å². The lowest BCUT2D eigenvalue weighted by molar-refractivity contribution is -0.147. The first-order valence-electron chi connectivity index (χ1n) is 6.01. The first-order valence-corrected chi connectivity index (χ1v) is 6.01. The zero-order valence-corrected chi connectivity index (χ0v) is 10.9. The minimum Gasteiger partial charge on any atom is -0.466 e. The number of hydrogen-bond acceptors (Lipinski definition) is 5. The maximum absolute atomic E-state index is 11.2. The van der Waals surface area contributed by atoms with Gasteiger partial charge in [-0.05, 0) is 20.8 Å². The smallest absolute Gasteiger partial charge is 0.308 e. The van der Waals surface area contributed by atoms with Crippen LogP contribution in [0.3, 0.4) is 0 Å². The van der Waals surface area contributed by atoms with Crippen molar-refractivity contribution < 1.29 is 19.7 Å². The number of aromatic nitrogens is 2. The fourth-order valence-corrected chi connectivity index (χ4v) is 1.51. The Labute approximate surface area is 106 Å². The van der Waals surface area contributed by atoms with Crippen molar-refractivity contribution in [1.29, 1.82) is 0 Å². The summed E-state index contributed by atoms with van der Waals surface area (Å²) in [6.07, 6.45) is 0.584. The molecule has 0 aliphatic heterocycles. The molecule has 2 unspecified atom stereocenters. The molecular formula is C12H20N2O4. The molecule has 1 aromatic heterocycles. The number of nitrogens with zero attached hydrogens (tertiary/aromatic N) is 2. The Morgan fingerprint density at radius 2 is 2.17 bits per heavy atom. The highest BCUT2D eigenvalue weighted by molar-refractivity contribution is 5.70. The van der Waals surface area contributed by atoms with E-state index in [0.717, 1.165) is 0 Å². The van der Waals surface area contributed by atoms with Crippen molar-refractivity contribution >= 4 is 5.97 Å². The number of hydrogen-bond donors (Lipinski definition) is 2. The van der Waals surface area contributed by atoms with Gasteiger partial charge in [-0.1, -0.05) is 0 Å². The van der Waals surface area contributed by atoms with Gasteiger partial charge in [0, 0.05) is 17.8 Å². The quantitative estimate of drug-likeness (QED) is 0.736. The molecule has 0 bridgehead atoms. The number of aliphatic hydroxyl groups is 2. The summed E-state index contributed by atoms with van der Waals surface area (Å²) in [5.41, 5.74) is 0.487. The summed E-state index contributed by atoms with van der Waals surface area (Å²) in [4.78, 5) is 11.2. The topological polar surface area (TPSA) is 84.6 Å². The van der Waals surface area contributed by atoms with Gasteiger partial charge in [-0.2, -0.15) is 5.10 Å². The molecule has 0 amide bonds. The van der Waals surface area contributed by atoms with E-state index in [9.17, 15) is 15.0 Å². The van der Waals surface area contributed by atoms with Crippen molar-refractivity contribution in [3.05, 3.63) is 18.0 Å². The molecule has 0 saturated heterocycles. The molecular weight excluding hydrogens is 236 g/mol. The van der Waals surface area contributed by atoms with E-state index in [4.69, 9.17) is 4.74 Å². The normalized spacial score (nSPS) is 14.6. The average molecular weight is 256 g/mol. The average Bonchev–Trinajstić information content (AvgIpc) is 2.77. The lowest BCUT2D eigenvalue weighted by Crippen LogP contribution is -2.22. The predicted octanol–water partition coefficient (Wildman–Crippen LogP) is 0.811. The third-order valence-corrected chi connectivity index (χ3v) is 2.54. The molecule has 6 heteroatoms. The van der Waals surface area contributed by atoms with Crippen LogP contribution in [0.25, 0.3) is 0 Å². The molecule has 0 aromatic carbocycles. The third kappa shape index (κ3) is 3.82. The Morgan fingerprint density at radius 3 is 2.67 bits per heavy atom. The molecule has 0 fully saturated rings. The summed E-state index contributed by atoms with van der Waals surface area (Å²) in [7, 11) is 0. The fourth-order valence-electron chi connectivity index (χ4n) is 1.51. The summed E-state index contributed by atoms with van der Waals surface area (Å²) in [5.74, 6) is -0.527. The van der Waals surface area contributed by atoms with Gasteiger partial charge < -0.3 is 14.9 Å². The van der Waals surface area contributed by atoms with Crippen LogP contribution in [0.2, 0.25) is 0 Å². The molecule has 6 nitrogen and oxygen atoms in total. The second-order valence-electron chi connectivity index (χ2n) is 4.37. The third-order valence-electron chi connectivity index (χ3n) is 2.54. The predicted molar refractivity (Wildman–Crippen MR) is 64.8 cm³/mol. The molecule has 1 aromatic rings. The van der Waals surface area contributed by atoms with E-state index < -0.39 is 18.2 Å². The summed E-state index contributed by atoms with van der Waals surface area (Å²) >= 11 is 0. The van der Waals surface area contributed by atoms with Crippen LogP contribution in [0, 0.1) is 0 Å². The van der Waals surface area contributed by atoms with Gasteiger partial charge in [0.1, 0.15) is 6.10 Å². The molecule has 0 aliphatic carbocycles. The van der Waals surface area contributed by atoms with E-state index in [2.05, 4.69) is 5.10 Å². The van der Waals surface area contributed by atoms with E-state index >= 15 is 0 Å². The molecule has 18 heavy (non-hydrogen) atoms. The minimum absolute atomic E-state index is 0.174. The Morgan fingerprint density at radius 1 is 1.50 bits per heavy atom. The highest BCUT2D eigenvalue weighted by Gasteiger charge is 2.23. The maximum atomic E-state index is 11.2. The number of carbonyl (C=O) groups is 1. The lowest BCUT2D eigenvalue weighted by Gasteiger charge is -2.15. The largest absolute Gasteiger partial charge is 0.466 e. The second kappa shape index (κ2) is 6.51. The molecule has 102 valence electrons. The van der Waals surface area contributed by atoms with Gasteiger partial charge in [-0.25, -0.2) is 0 Å². The minimum atomic E-state index is -1.19. The molecule has 0 aliphatic rings.